The molecule has 1 atom stereocenters. The van der Waals surface area contributed by atoms with Crippen LogP contribution in [0.4, 0.5) is 4.39 Å². The number of nitrogens with one attached hydrogen (secondary N) is 1. The van der Waals surface area contributed by atoms with E-state index in [0.717, 1.165) is 19.5 Å². The van der Waals surface area contributed by atoms with Gasteiger partial charge in [0, 0.05) is 25.2 Å². The quantitative estimate of drug-likeness (QED) is 0.928. The Bertz CT molecular complexity index is 499. The zero-order valence-electron chi connectivity index (χ0n) is 12.4. The summed E-state index contributed by atoms with van der Waals surface area (Å²) in [7, 11) is 0. The summed E-state index contributed by atoms with van der Waals surface area (Å²) in [5.74, 6) is -0.735. The van der Waals surface area contributed by atoms with Gasteiger partial charge < -0.3 is 5.32 Å². The molecule has 1 aliphatic carbocycles. The van der Waals surface area contributed by atoms with Gasteiger partial charge in [-0.1, -0.05) is 31.4 Å². The first-order chi connectivity index (χ1) is 10.2. The zero-order valence-corrected chi connectivity index (χ0v) is 12.4. The van der Waals surface area contributed by atoms with Crippen LogP contribution in [0.1, 0.15) is 48.9 Å². The number of carbonyl (C=O) groups is 1. The number of likely N-dealkylation sites (tertiary alicyclic amines) is 1. The van der Waals surface area contributed by atoms with Crippen LogP contribution in [0.2, 0.25) is 0 Å². The van der Waals surface area contributed by atoms with E-state index in [1.807, 2.05) is 0 Å². The highest BCUT2D eigenvalue weighted by atomic mass is 19.1. The molecule has 0 bridgehead atoms. The van der Waals surface area contributed by atoms with Gasteiger partial charge in [-0.05, 0) is 31.4 Å². The number of halogens is 1. The average Bonchev–Trinajstić information content (AvgIpc) is 2.97. The van der Waals surface area contributed by atoms with E-state index in [0.29, 0.717) is 6.04 Å². The summed E-state index contributed by atoms with van der Waals surface area (Å²) in [6, 6.07) is 7.01. The fourth-order valence-corrected chi connectivity index (χ4v) is 3.59. The third-order valence-electron chi connectivity index (χ3n) is 4.76. The van der Waals surface area contributed by atoms with Crippen LogP contribution in [0.25, 0.3) is 0 Å². The monoisotopic (exact) mass is 290 g/mol. The molecule has 0 radical (unpaired) electrons. The number of rotatable bonds is 3. The minimum absolute atomic E-state index is 0.147. The Balaban J connectivity index is 1.55. The van der Waals surface area contributed by atoms with Crippen molar-refractivity contribution in [1.82, 2.24) is 10.2 Å². The van der Waals surface area contributed by atoms with E-state index in [-0.39, 0.29) is 17.5 Å². The van der Waals surface area contributed by atoms with E-state index in [1.54, 1.807) is 18.2 Å². The van der Waals surface area contributed by atoms with Crippen LogP contribution in [0.3, 0.4) is 0 Å². The molecule has 1 heterocycles. The predicted molar refractivity (Wildman–Crippen MR) is 80.7 cm³/mol. The lowest BCUT2D eigenvalue weighted by Gasteiger charge is -2.31. The van der Waals surface area contributed by atoms with Gasteiger partial charge in [-0.3, -0.25) is 9.69 Å². The molecule has 1 N–H and O–H groups in total. The van der Waals surface area contributed by atoms with E-state index in [1.165, 1.54) is 38.2 Å². The van der Waals surface area contributed by atoms with Crippen molar-refractivity contribution < 1.29 is 9.18 Å². The third kappa shape index (κ3) is 3.43. The molecule has 114 valence electrons. The summed E-state index contributed by atoms with van der Waals surface area (Å²) in [5, 5.41) is 2.98. The normalized spacial score (nSPS) is 24.1. The molecule has 1 aromatic carbocycles. The Morgan fingerprint density at radius 2 is 1.90 bits per heavy atom. The number of hydrogen-bond donors (Lipinski definition) is 1. The average molecular weight is 290 g/mol. The molecule has 3 nitrogen and oxygen atoms in total. The Labute approximate surface area is 125 Å². The minimum Gasteiger partial charge on any atom is -0.348 e. The van der Waals surface area contributed by atoms with Gasteiger partial charge in [0.25, 0.3) is 5.91 Å². The molecule has 2 fully saturated rings. The Morgan fingerprint density at radius 1 is 1.14 bits per heavy atom. The molecular formula is C17H23FN2O. The van der Waals surface area contributed by atoms with Crippen molar-refractivity contribution in [2.45, 2.75) is 50.6 Å². The van der Waals surface area contributed by atoms with Gasteiger partial charge in [0.15, 0.2) is 0 Å². The lowest BCUT2D eigenvalue weighted by molar-refractivity contribution is 0.0930. The number of hydrogen-bond acceptors (Lipinski definition) is 2. The maximum Gasteiger partial charge on any atom is 0.254 e. The predicted octanol–water partition coefficient (Wildman–Crippen LogP) is 2.96. The Morgan fingerprint density at radius 3 is 2.67 bits per heavy atom. The van der Waals surface area contributed by atoms with Crippen LogP contribution in [-0.4, -0.2) is 36.0 Å². The highest BCUT2D eigenvalue weighted by molar-refractivity contribution is 5.94. The van der Waals surface area contributed by atoms with Gasteiger partial charge >= 0.3 is 0 Å². The molecule has 1 saturated heterocycles. The first kappa shape index (κ1) is 14.5. The second-order valence-corrected chi connectivity index (χ2v) is 6.23. The highest BCUT2D eigenvalue weighted by Crippen LogP contribution is 2.25. The number of carbonyl (C=O) groups excluding carboxylic acids is 1. The van der Waals surface area contributed by atoms with Crippen molar-refractivity contribution in [2.24, 2.45) is 0 Å². The van der Waals surface area contributed by atoms with Crippen molar-refractivity contribution in [3.63, 3.8) is 0 Å². The molecule has 4 heteroatoms. The van der Waals surface area contributed by atoms with Crippen LogP contribution >= 0.6 is 0 Å². The maximum absolute atomic E-state index is 13.6. The largest absolute Gasteiger partial charge is 0.348 e. The van der Waals surface area contributed by atoms with Crippen LogP contribution in [0.15, 0.2) is 24.3 Å². The molecular weight excluding hydrogens is 267 g/mol. The van der Waals surface area contributed by atoms with Crippen LogP contribution in [0, 0.1) is 5.82 Å². The summed E-state index contributed by atoms with van der Waals surface area (Å²) >= 11 is 0. The lowest BCUT2D eigenvalue weighted by atomic mass is 9.94. The maximum atomic E-state index is 13.6. The zero-order chi connectivity index (χ0) is 14.7. The molecule has 1 saturated carbocycles. The molecule has 1 aliphatic heterocycles. The summed E-state index contributed by atoms with van der Waals surface area (Å²) in [5.41, 5.74) is 0.147. The van der Waals surface area contributed by atoms with Crippen molar-refractivity contribution in [1.29, 1.82) is 0 Å². The van der Waals surface area contributed by atoms with Crippen LogP contribution in [-0.2, 0) is 0 Å². The number of amides is 1. The van der Waals surface area contributed by atoms with Crippen molar-refractivity contribution in [3.05, 3.63) is 35.6 Å². The number of benzene rings is 1. The van der Waals surface area contributed by atoms with Gasteiger partial charge in [0.1, 0.15) is 5.82 Å². The van der Waals surface area contributed by atoms with Crippen LogP contribution < -0.4 is 5.32 Å². The van der Waals surface area contributed by atoms with Gasteiger partial charge in [-0.25, -0.2) is 4.39 Å². The second-order valence-electron chi connectivity index (χ2n) is 6.23. The first-order valence-electron chi connectivity index (χ1n) is 8.03. The van der Waals surface area contributed by atoms with Gasteiger partial charge in [-0.2, -0.15) is 0 Å². The minimum atomic E-state index is -0.447. The Hall–Kier alpha value is -1.42. The molecule has 0 spiro atoms. The van der Waals surface area contributed by atoms with Crippen molar-refractivity contribution in [2.75, 3.05) is 13.1 Å². The van der Waals surface area contributed by atoms with Crippen molar-refractivity contribution >= 4 is 5.91 Å². The fraction of sp³-hybridized carbons (Fsp3) is 0.588. The van der Waals surface area contributed by atoms with E-state index in [9.17, 15) is 9.18 Å². The summed E-state index contributed by atoms with van der Waals surface area (Å²) in [4.78, 5) is 14.6. The molecule has 2 aliphatic rings. The van der Waals surface area contributed by atoms with E-state index in [4.69, 9.17) is 0 Å². The van der Waals surface area contributed by atoms with Gasteiger partial charge in [0.05, 0.1) is 5.56 Å². The smallest absolute Gasteiger partial charge is 0.254 e. The second kappa shape index (κ2) is 6.56. The summed E-state index contributed by atoms with van der Waals surface area (Å²) < 4.78 is 13.6. The van der Waals surface area contributed by atoms with Crippen LogP contribution in [0.5, 0.6) is 0 Å². The lowest BCUT2D eigenvalue weighted by Crippen LogP contribution is -2.40. The Kier molecular flexibility index (Phi) is 4.54. The molecule has 0 aromatic heterocycles. The molecule has 21 heavy (non-hydrogen) atoms. The van der Waals surface area contributed by atoms with Crippen molar-refractivity contribution in [3.8, 4) is 0 Å². The van der Waals surface area contributed by atoms with E-state index >= 15 is 0 Å². The third-order valence-corrected chi connectivity index (χ3v) is 4.76. The molecule has 1 amide bonds. The number of nitrogens with zero attached hydrogens (tertiary/aromatic N) is 1. The topological polar surface area (TPSA) is 32.3 Å². The van der Waals surface area contributed by atoms with E-state index < -0.39 is 5.82 Å². The molecule has 3 rings (SSSR count). The van der Waals surface area contributed by atoms with E-state index in [2.05, 4.69) is 10.2 Å². The molecule has 1 aromatic rings. The first-order valence-corrected chi connectivity index (χ1v) is 8.03. The SMILES string of the molecule is O=C(N[C@H]1CCN(C2CCCCC2)C1)c1ccccc1F. The molecule has 0 unspecified atom stereocenters. The summed E-state index contributed by atoms with van der Waals surface area (Å²) in [6.07, 6.45) is 7.55. The highest BCUT2D eigenvalue weighted by Gasteiger charge is 2.30. The standard InChI is InChI=1S/C17H23FN2O/c18-16-9-5-4-8-15(16)17(21)19-13-10-11-20(12-13)14-6-2-1-3-7-14/h4-5,8-9,13-14H,1-3,6-7,10-12H2,(H,19,21)/t13-/m0/s1. The van der Waals surface area contributed by atoms with Gasteiger partial charge in [0.2, 0.25) is 0 Å². The summed E-state index contributed by atoms with van der Waals surface area (Å²) in [6.45, 7) is 1.96. The van der Waals surface area contributed by atoms with Gasteiger partial charge in [-0.15, -0.1) is 0 Å². The fourth-order valence-electron chi connectivity index (χ4n) is 3.59.